The third kappa shape index (κ3) is 1.53. The van der Waals surface area contributed by atoms with Gasteiger partial charge in [-0.15, -0.1) is 0 Å². The van der Waals surface area contributed by atoms with Crippen LogP contribution >= 0.6 is 0 Å². The predicted molar refractivity (Wildman–Crippen MR) is 49.3 cm³/mol. The van der Waals surface area contributed by atoms with Crippen LogP contribution < -0.4 is 0 Å². The zero-order chi connectivity index (χ0) is 9.26. The Kier molecular flexibility index (Phi) is 2.21. The maximum Gasteiger partial charge on any atom is 0.130 e. The van der Waals surface area contributed by atoms with E-state index in [0.29, 0.717) is 5.56 Å². The Morgan fingerprint density at radius 2 is 1.92 bits per heavy atom. The number of hydrogen-bond acceptors (Lipinski definition) is 1. The Balaban J connectivity index is 2.37. The molecular weight excluding hydrogens is 167 g/mol. The number of halogens is 1. The van der Waals surface area contributed by atoms with E-state index in [4.69, 9.17) is 0 Å². The Bertz CT molecular complexity index is 283. The average Bonchev–Trinajstić information content (AvgIpc) is 2.57. The number of rotatable bonds is 1. The average molecular weight is 180 g/mol. The highest BCUT2D eigenvalue weighted by Crippen LogP contribution is 2.39. The van der Waals surface area contributed by atoms with Gasteiger partial charge in [-0.2, -0.15) is 0 Å². The first-order valence-electron chi connectivity index (χ1n) is 4.76. The van der Waals surface area contributed by atoms with Gasteiger partial charge in [0, 0.05) is 5.56 Å². The monoisotopic (exact) mass is 180 g/mol. The van der Waals surface area contributed by atoms with Crippen LogP contribution in [0.1, 0.15) is 37.2 Å². The molecule has 0 bridgehead atoms. The molecule has 1 N–H and O–H groups in total. The highest BCUT2D eigenvalue weighted by molar-refractivity contribution is 5.36. The highest BCUT2D eigenvalue weighted by Gasteiger charge is 2.22. The lowest BCUT2D eigenvalue weighted by molar-refractivity contribution is 0.448. The predicted octanol–water partition coefficient (Wildman–Crippen LogP) is 3.19. The van der Waals surface area contributed by atoms with Gasteiger partial charge in [-0.3, -0.25) is 0 Å². The Morgan fingerprint density at radius 3 is 2.54 bits per heavy atom. The van der Waals surface area contributed by atoms with E-state index < -0.39 is 0 Å². The molecule has 1 nitrogen and oxygen atoms in total. The molecule has 0 unspecified atom stereocenters. The number of hydrogen-bond donors (Lipinski definition) is 1. The molecule has 70 valence electrons. The fourth-order valence-corrected chi connectivity index (χ4v) is 2.14. The summed E-state index contributed by atoms with van der Waals surface area (Å²) >= 11 is 0. The molecule has 0 aromatic heterocycles. The second-order valence-electron chi connectivity index (χ2n) is 3.65. The molecule has 2 heteroatoms. The van der Waals surface area contributed by atoms with Crippen LogP contribution in [0, 0.1) is 5.82 Å². The van der Waals surface area contributed by atoms with Gasteiger partial charge >= 0.3 is 0 Å². The van der Waals surface area contributed by atoms with E-state index in [1.807, 2.05) is 0 Å². The minimum absolute atomic E-state index is 0.118. The van der Waals surface area contributed by atoms with Crippen LogP contribution in [-0.2, 0) is 0 Å². The van der Waals surface area contributed by atoms with Crippen molar-refractivity contribution in [2.75, 3.05) is 0 Å². The summed E-state index contributed by atoms with van der Waals surface area (Å²) in [4.78, 5) is 0. The third-order valence-corrected chi connectivity index (χ3v) is 2.79. The number of benzene rings is 1. The normalized spacial score (nSPS) is 17.9. The molecule has 0 spiro atoms. The van der Waals surface area contributed by atoms with Gasteiger partial charge in [-0.1, -0.05) is 18.9 Å². The maximum atomic E-state index is 13.3. The van der Waals surface area contributed by atoms with Crippen LogP contribution in [0.3, 0.4) is 0 Å². The van der Waals surface area contributed by atoms with E-state index in [0.717, 1.165) is 25.7 Å². The summed E-state index contributed by atoms with van der Waals surface area (Å²) < 4.78 is 13.3. The lowest BCUT2D eigenvalue weighted by atomic mass is 9.96. The van der Waals surface area contributed by atoms with E-state index in [2.05, 4.69) is 0 Å². The van der Waals surface area contributed by atoms with Gasteiger partial charge in [0.15, 0.2) is 0 Å². The fraction of sp³-hybridized carbons (Fsp3) is 0.455. The minimum atomic E-state index is -0.257. The Morgan fingerprint density at radius 1 is 1.23 bits per heavy atom. The molecule has 0 atom stereocenters. The summed E-state index contributed by atoms with van der Waals surface area (Å²) in [5.74, 6) is 0.0972. The van der Waals surface area contributed by atoms with Crippen molar-refractivity contribution >= 4 is 0 Å². The molecule has 1 aliphatic carbocycles. The van der Waals surface area contributed by atoms with Gasteiger partial charge in [-0.25, -0.2) is 4.39 Å². The molecule has 2 rings (SSSR count). The lowest BCUT2D eigenvalue weighted by Crippen LogP contribution is -1.96. The van der Waals surface area contributed by atoms with Gasteiger partial charge in [0.1, 0.15) is 11.6 Å². The first-order valence-corrected chi connectivity index (χ1v) is 4.76. The third-order valence-electron chi connectivity index (χ3n) is 2.79. The van der Waals surface area contributed by atoms with Gasteiger partial charge in [0.25, 0.3) is 0 Å². The molecule has 1 aromatic rings. The second-order valence-corrected chi connectivity index (χ2v) is 3.65. The van der Waals surface area contributed by atoms with Crippen molar-refractivity contribution in [3.8, 4) is 5.75 Å². The van der Waals surface area contributed by atoms with Gasteiger partial charge in [0.2, 0.25) is 0 Å². The van der Waals surface area contributed by atoms with Crippen LogP contribution in [0.15, 0.2) is 18.2 Å². The van der Waals surface area contributed by atoms with Crippen LogP contribution in [-0.4, -0.2) is 5.11 Å². The van der Waals surface area contributed by atoms with E-state index in [9.17, 15) is 9.50 Å². The van der Waals surface area contributed by atoms with E-state index in [1.54, 1.807) is 12.1 Å². The Hall–Kier alpha value is -1.05. The molecule has 1 saturated carbocycles. The molecule has 0 saturated heterocycles. The van der Waals surface area contributed by atoms with Crippen molar-refractivity contribution in [3.05, 3.63) is 29.6 Å². The number of phenols is 1. The lowest BCUT2D eigenvalue weighted by Gasteiger charge is -2.11. The van der Waals surface area contributed by atoms with Crippen LogP contribution in [0.4, 0.5) is 4.39 Å². The quantitative estimate of drug-likeness (QED) is 0.703. The van der Waals surface area contributed by atoms with Crippen LogP contribution in [0.2, 0.25) is 0 Å². The highest BCUT2D eigenvalue weighted by atomic mass is 19.1. The number of phenolic OH excluding ortho intramolecular Hbond substituents is 1. The second kappa shape index (κ2) is 3.36. The molecule has 0 amide bonds. The van der Waals surface area contributed by atoms with Crippen LogP contribution in [0.5, 0.6) is 5.75 Å². The molecular formula is C11H13FO. The van der Waals surface area contributed by atoms with Gasteiger partial charge in [0.05, 0.1) is 0 Å². The van der Waals surface area contributed by atoms with Crippen molar-refractivity contribution in [3.63, 3.8) is 0 Å². The summed E-state index contributed by atoms with van der Waals surface area (Å²) in [6.45, 7) is 0. The zero-order valence-corrected chi connectivity index (χ0v) is 7.46. The SMILES string of the molecule is Oc1cccc(F)c1C1CCCC1. The molecule has 0 radical (unpaired) electrons. The Labute approximate surface area is 77.2 Å². The fourth-order valence-electron chi connectivity index (χ4n) is 2.14. The summed E-state index contributed by atoms with van der Waals surface area (Å²) in [7, 11) is 0. The van der Waals surface area contributed by atoms with Crippen molar-refractivity contribution in [1.29, 1.82) is 0 Å². The van der Waals surface area contributed by atoms with Gasteiger partial charge in [-0.05, 0) is 30.9 Å². The summed E-state index contributed by atoms with van der Waals surface area (Å²) in [5.41, 5.74) is 0.528. The molecule has 13 heavy (non-hydrogen) atoms. The molecule has 0 heterocycles. The summed E-state index contributed by atoms with van der Waals surface area (Å²) in [6.07, 6.45) is 4.32. The van der Waals surface area contributed by atoms with E-state index >= 15 is 0 Å². The first-order chi connectivity index (χ1) is 6.29. The summed E-state index contributed by atoms with van der Waals surface area (Å²) in [5, 5.41) is 9.51. The topological polar surface area (TPSA) is 20.2 Å². The smallest absolute Gasteiger partial charge is 0.130 e. The first kappa shape index (κ1) is 8.54. The molecule has 1 aromatic carbocycles. The molecule has 1 aliphatic rings. The molecule has 1 fully saturated rings. The summed E-state index contributed by atoms with van der Waals surface area (Å²) in [6, 6.07) is 4.53. The van der Waals surface area contributed by atoms with Gasteiger partial charge < -0.3 is 5.11 Å². The van der Waals surface area contributed by atoms with Crippen molar-refractivity contribution in [1.82, 2.24) is 0 Å². The molecule has 0 aliphatic heterocycles. The van der Waals surface area contributed by atoms with E-state index in [-0.39, 0.29) is 17.5 Å². The van der Waals surface area contributed by atoms with Crippen molar-refractivity contribution < 1.29 is 9.50 Å². The number of aromatic hydroxyl groups is 1. The minimum Gasteiger partial charge on any atom is -0.508 e. The zero-order valence-electron chi connectivity index (χ0n) is 7.46. The standard InChI is InChI=1S/C11H13FO/c12-9-6-3-7-10(13)11(9)8-4-1-2-5-8/h3,6-8,13H,1-2,4-5H2. The van der Waals surface area contributed by atoms with E-state index in [1.165, 1.54) is 6.07 Å². The largest absolute Gasteiger partial charge is 0.508 e. The van der Waals surface area contributed by atoms with Crippen molar-refractivity contribution in [2.45, 2.75) is 31.6 Å². The van der Waals surface area contributed by atoms with Crippen LogP contribution in [0.25, 0.3) is 0 Å². The maximum absolute atomic E-state index is 13.3. The van der Waals surface area contributed by atoms with Crippen molar-refractivity contribution in [2.24, 2.45) is 0 Å².